The van der Waals surface area contributed by atoms with Gasteiger partial charge in [0.2, 0.25) is 0 Å². The highest BCUT2D eigenvalue weighted by atomic mass is 16.5. The van der Waals surface area contributed by atoms with Gasteiger partial charge < -0.3 is 20.5 Å². The number of ether oxygens (including phenoxy) is 2. The summed E-state index contributed by atoms with van der Waals surface area (Å²) in [7, 11) is 1.65. The molecule has 0 spiro atoms. The molecule has 1 aromatic carbocycles. The first-order valence-corrected chi connectivity index (χ1v) is 6.03. The molecule has 2 atom stereocenters. The Balaban J connectivity index is 1.80. The van der Waals surface area contributed by atoms with Crippen LogP contribution in [0.5, 0.6) is 11.5 Å². The predicted octanol–water partition coefficient (Wildman–Crippen LogP) is 1.01. The zero-order chi connectivity index (χ0) is 12.1. The van der Waals surface area contributed by atoms with Crippen molar-refractivity contribution >= 4 is 0 Å². The SMILES string of the molecule is COc1ccc(OCC(N)C2CCNC2)cc1. The molecule has 17 heavy (non-hydrogen) atoms. The highest BCUT2D eigenvalue weighted by Gasteiger charge is 2.21. The summed E-state index contributed by atoms with van der Waals surface area (Å²) in [6.45, 7) is 2.65. The van der Waals surface area contributed by atoms with Gasteiger partial charge in [0.1, 0.15) is 18.1 Å². The molecule has 0 saturated carbocycles. The Bertz CT molecular complexity index is 334. The minimum atomic E-state index is 0.104. The summed E-state index contributed by atoms with van der Waals surface area (Å²) in [5.41, 5.74) is 6.09. The Morgan fingerprint density at radius 3 is 2.65 bits per heavy atom. The monoisotopic (exact) mass is 236 g/mol. The average Bonchev–Trinajstić information content (AvgIpc) is 2.90. The lowest BCUT2D eigenvalue weighted by atomic mass is 10.0. The largest absolute Gasteiger partial charge is 0.497 e. The van der Waals surface area contributed by atoms with Crippen LogP contribution in [0.2, 0.25) is 0 Å². The van der Waals surface area contributed by atoms with E-state index in [0.717, 1.165) is 31.0 Å². The van der Waals surface area contributed by atoms with Crippen LogP contribution < -0.4 is 20.5 Å². The second-order valence-corrected chi connectivity index (χ2v) is 4.40. The molecule has 0 radical (unpaired) electrons. The topological polar surface area (TPSA) is 56.5 Å². The van der Waals surface area contributed by atoms with Crippen molar-refractivity contribution in [2.24, 2.45) is 11.7 Å². The molecule has 1 saturated heterocycles. The summed E-state index contributed by atoms with van der Waals surface area (Å²) in [6, 6.07) is 7.68. The minimum Gasteiger partial charge on any atom is -0.497 e. The van der Waals surface area contributed by atoms with E-state index in [4.69, 9.17) is 15.2 Å². The van der Waals surface area contributed by atoms with Gasteiger partial charge in [-0.2, -0.15) is 0 Å². The molecule has 0 bridgehead atoms. The van der Waals surface area contributed by atoms with Crippen molar-refractivity contribution < 1.29 is 9.47 Å². The maximum absolute atomic E-state index is 6.09. The van der Waals surface area contributed by atoms with Gasteiger partial charge in [-0.15, -0.1) is 0 Å². The van der Waals surface area contributed by atoms with Gasteiger partial charge in [-0.25, -0.2) is 0 Å². The first-order chi connectivity index (χ1) is 8.29. The second-order valence-electron chi connectivity index (χ2n) is 4.40. The second kappa shape index (κ2) is 5.89. The maximum Gasteiger partial charge on any atom is 0.119 e. The number of nitrogens with two attached hydrogens (primary N) is 1. The molecule has 0 amide bonds. The van der Waals surface area contributed by atoms with E-state index in [1.807, 2.05) is 24.3 Å². The quantitative estimate of drug-likeness (QED) is 0.801. The van der Waals surface area contributed by atoms with E-state index < -0.39 is 0 Å². The maximum atomic E-state index is 6.09. The van der Waals surface area contributed by atoms with Crippen LogP contribution in [0, 0.1) is 5.92 Å². The van der Waals surface area contributed by atoms with Gasteiger partial charge in [-0.3, -0.25) is 0 Å². The molecular weight excluding hydrogens is 216 g/mol. The normalized spacial score (nSPS) is 21.2. The smallest absolute Gasteiger partial charge is 0.119 e. The zero-order valence-electron chi connectivity index (χ0n) is 10.2. The van der Waals surface area contributed by atoms with Crippen molar-refractivity contribution in [3.63, 3.8) is 0 Å². The Hall–Kier alpha value is -1.26. The van der Waals surface area contributed by atoms with Crippen LogP contribution in [0.1, 0.15) is 6.42 Å². The van der Waals surface area contributed by atoms with Gasteiger partial charge >= 0.3 is 0 Å². The number of methoxy groups -OCH3 is 1. The van der Waals surface area contributed by atoms with E-state index >= 15 is 0 Å². The van der Waals surface area contributed by atoms with Gasteiger partial charge in [-0.1, -0.05) is 0 Å². The Morgan fingerprint density at radius 1 is 1.35 bits per heavy atom. The van der Waals surface area contributed by atoms with E-state index in [1.165, 1.54) is 0 Å². The van der Waals surface area contributed by atoms with Gasteiger partial charge in [0, 0.05) is 6.04 Å². The number of rotatable bonds is 5. The third-order valence-electron chi connectivity index (χ3n) is 3.21. The molecule has 1 aromatic rings. The molecule has 0 aliphatic carbocycles. The van der Waals surface area contributed by atoms with Crippen molar-refractivity contribution in [2.45, 2.75) is 12.5 Å². The summed E-state index contributed by atoms with van der Waals surface area (Å²) >= 11 is 0. The fourth-order valence-corrected chi connectivity index (χ4v) is 2.04. The van der Waals surface area contributed by atoms with Gasteiger partial charge in [-0.05, 0) is 49.7 Å². The summed E-state index contributed by atoms with van der Waals surface area (Å²) in [6.07, 6.45) is 1.15. The highest BCUT2D eigenvalue weighted by molar-refractivity contribution is 5.31. The van der Waals surface area contributed by atoms with Crippen LogP contribution in [0.4, 0.5) is 0 Å². The minimum absolute atomic E-state index is 0.104. The van der Waals surface area contributed by atoms with Gasteiger partial charge in [0.05, 0.1) is 7.11 Å². The molecule has 0 aromatic heterocycles. The van der Waals surface area contributed by atoms with Crippen LogP contribution in [0.25, 0.3) is 0 Å². The summed E-state index contributed by atoms with van der Waals surface area (Å²) < 4.78 is 10.8. The van der Waals surface area contributed by atoms with E-state index in [1.54, 1.807) is 7.11 Å². The number of hydrogen-bond donors (Lipinski definition) is 2. The number of benzene rings is 1. The van der Waals surface area contributed by atoms with Crippen LogP contribution >= 0.6 is 0 Å². The van der Waals surface area contributed by atoms with Crippen molar-refractivity contribution in [2.75, 3.05) is 26.8 Å². The third kappa shape index (κ3) is 3.35. The van der Waals surface area contributed by atoms with Crippen LogP contribution in [0.3, 0.4) is 0 Å². The Labute approximate surface area is 102 Å². The molecule has 1 aliphatic heterocycles. The van der Waals surface area contributed by atoms with Crippen molar-refractivity contribution in [1.29, 1.82) is 0 Å². The molecule has 1 heterocycles. The lowest BCUT2D eigenvalue weighted by Gasteiger charge is -2.18. The lowest BCUT2D eigenvalue weighted by Crippen LogP contribution is -2.37. The molecule has 1 aliphatic rings. The van der Waals surface area contributed by atoms with Gasteiger partial charge in [0.15, 0.2) is 0 Å². The zero-order valence-corrected chi connectivity index (χ0v) is 10.2. The molecule has 1 fully saturated rings. The summed E-state index contributed by atoms with van der Waals surface area (Å²) in [4.78, 5) is 0. The molecule has 2 rings (SSSR count). The summed E-state index contributed by atoms with van der Waals surface area (Å²) in [5.74, 6) is 2.21. The van der Waals surface area contributed by atoms with Crippen LogP contribution in [-0.2, 0) is 0 Å². The van der Waals surface area contributed by atoms with Crippen LogP contribution in [-0.4, -0.2) is 32.8 Å². The van der Waals surface area contributed by atoms with Gasteiger partial charge in [0.25, 0.3) is 0 Å². The van der Waals surface area contributed by atoms with Crippen molar-refractivity contribution in [3.05, 3.63) is 24.3 Å². The fourth-order valence-electron chi connectivity index (χ4n) is 2.04. The molecule has 3 N–H and O–H groups in total. The summed E-state index contributed by atoms with van der Waals surface area (Å²) in [5, 5.41) is 3.31. The predicted molar refractivity (Wildman–Crippen MR) is 67.4 cm³/mol. The first kappa shape index (κ1) is 12.2. The molecule has 2 unspecified atom stereocenters. The average molecular weight is 236 g/mol. The van der Waals surface area contributed by atoms with Crippen LogP contribution in [0.15, 0.2) is 24.3 Å². The standard InChI is InChI=1S/C13H20N2O2/c1-16-11-2-4-12(5-3-11)17-9-13(14)10-6-7-15-8-10/h2-5,10,13,15H,6-9,14H2,1H3. The van der Waals surface area contributed by atoms with E-state index in [2.05, 4.69) is 5.32 Å². The highest BCUT2D eigenvalue weighted by Crippen LogP contribution is 2.18. The third-order valence-corrected chi connectivity index (χ3v) is 3.21. The van der Waals surface area contributed by atoms with Crippen molar-refractivity contribution in [3.8, 4) is 11.5 Å². The Morgan fingerprint density at radius 2 is 2.06 bits per heavy atom. The van der Waals surface area contributed by atoms with Crippen molar-refractivity contribution in [1.82, 2.24) is 5.32 Å². The lowest BCUT2D eigenvalue weighted by molar-refractivity contribution is 0.252. The first-order valence-electron chi connectivity index (χ1n) is 6.03. The number of nitrogens with one attached hydrogen (secondary N) is 1. The van der Waals surface area contributed by atoms with E-state index in [9.17, 15) is 0 Å². The molecular formula is C13H20N2O2. The molecule has 4 nitrogen and oxygen atoms in total. The number of hydrogen-bond acceptors (Lipinski definition) is 4. The molecule has 94 valence electrons. The molecule has 4 heteroatoms. The van der Waals surface area contributed by atoms with E-state index in [0.29, 0.717) is 12.5 Å². The van der Waals surface area contributed by atoms with E-state index in [-0.39, 0.29) is 6.04 Å². The fraction of sp³-hybridized carbons (Fsp3) is 0.538. The Kier molecular flexibility index (Phi) is 4.23.